The Morgan fingerprint density at radius 1 is 0.806 bits per heavy atom. The number of rotatable bonds is 12. The summed E-state index contributed by atoms with van der Waals surface area (Å²) in [5, 5.41) is 41.1. The molecule has 9 atom stereocenters. The number of carboxylic acid groups (broad SMARTS) is 1. The van der Waals surface area contributed by atoms with E-state index in [-0.39, 0.29) is 37.9 Å². The smallest absolute Gasteiger partial charge is 0.329 e. The number of piperidine rings is 1. The summed E-state index contributed by atoms with van der Waals surface area (Å²) in [7, 11) is 2.86. The predicted molar refractivity (Wildman–Crippen MR) is 239 cm³/mol. The second-order valence-corrected chi connectivity index (χ2v) is 17.1. The SMILES string of the molecule is COc1ccc(CC2C(=O)NC(C(C)C)C(=O)OC(C)C(NC(=O)C(N)CC(=O)O)C(=O)NC(Cc3ccc(O)cc3)C(=O)NC3CCC(O)N(C3=O)C(Cc3ccccc3)C(=O)N2C)cc1. The van der Waals surface area contributed by atoms with Crippen molar-refractivity contribution in [1.82, 2.24) is 31.1 Å². The van der Waals surface area contributed by atoms with Crippen LogP contribution in [-0.4, -0.2) is 141 Å². The Hall–Kier alpha value is -7.06. The molecule has 2 aliphatic heterocycles. The van der Waals surface area contributed by atoms with Gasteiger partial charge >= 0.3 is 11.9 Å². The number of hydrogen-bond donors (Lipinski definition) is 8. The van der Waals surface area contributed by atoms with Crippen LogP contribution in [0.5, 0.6) is 11.5 Å². The molecule has 5 rings (SSSR count). The molecule has 2 bridgehead atoms. The van der Waals surface area contributed by atoms with Crippen molar-refractivity contribution in [2.45, 2.75) is 114 Å². The highest BCUT2D eigenvalue weighted by atomic mass is 16.5. The van der Waals surface area contributed by atoms with Crippen LogP contribution in [0.4, 0.5) is 0 Å². The van der Waals surface area contributed by atoms with Crippen molar-refractivity contribution in [3.05, 3.63) is 95.6 Å². The summed E-state index contributed by atoms with van der Waals surface area (Å²) in [4.78, 5) is 114. The predicted octanol–water partition coefficient (Wildman–Crippen LogP) is -0.0924. The molecule has 9 unspecified atom stereocenters. The largest absolute Gasteiger partial charge is 0.508 e. The van der Waals surface area contributed by atoms with E-state index in [0.717, 1.165) is 9.80 Å². The second-order valence-electron chi connectivity index (χ2n) is 17.1. The quantitative estimate of drug-likeness (QED) is 0.110. The summed E-state index contributed by atoms with van der Waals surface area (Å²) in [5.74, 6) is -8.18. The van der Waals surface area contributed by atoms with Crippen LogP contribution in [0.1, 0.15) is 56.7 Å². The van der Waals surface area contributed by atoms with Crippen LogP contribution in [-0.2, 0) is 62.4 Å². The van der Waals surface area contributed by atoms with Crippen molar-refractivity contribution in [1.29, 1.82) is 0 Å². The topological polar surface area (TPSA) is 296 Å². The van der Waals surface area contributed by atoms with Gasteiger partial charge in [0, 0.05) is 26.3 Å². The van der Waals surface area contributed by atoms with Crippen molar-refractivity contribution in [2.24, 2.45) is 11.7 Å². The number of esters is 1. The van der Waals surface area contributed by atoms with E-state index >= 15 is 4.79 Å². The van der Waals surface area contributed by atoms with E-state index in [1.807, 2.05) is 0 Å². The Kier molecular flexibility index (Phi) is 17.4. The van der Waals surface area contributed by atoms with Crippen LogP contribution >= 0.6 is 0 Å². The molecule has 2 saturated heterocycles. The molecular weight excluding hydrogens is 871 g/mol. The number of carbonyl (C=O) groups excluding carboxylic acids is 7. The highest BCUT2D eigenvalue weighted by molar-refractivity contribution is 5.98. The third kappa shape index (κ3) is 13.3. The highest BCUT2D eigenvalue weighted by Crippen LogP contribution is 2.26. The number of aliphatic hydroxyl groups excluding tert-OH is 1. The van der Waals surface area contributed by atoms with E-state index < -0.39 is 114 Å². The molecule has 0 spiro atoms. The number of amides is 6. The van der Waals surface area contributed by atoms with E-state index in [9.17, 15) is 48.9 Å². The van der Waals surface area contributed by atoms with Gasteiger partial charge in [-0.3, -0.25) is 33.6 Å². The second kappa shape index (κ2) is 22.9. The summed E-state index contributed by atoms with van der Waals surface area (Å²) < 4.78 is 11.1. The maximum atomic E-state index is 15.1. The van der Waals surface area contributed by atoms with Gasteiger partial charge in [-0.25, -0.2) is 4.79 Å². The van der Waals surface area contributed by atoms with E-state index in [4.69, 9.17) is 15.2 Å². The number of carboxylic acids is 1. The number of aliphatic carboxylic acids is 1. The van der Waals surface area contributed by atoms with E-state index in [0.29, 0.717) is 22.4 Å². The lowest BCUT2D eigenvalue weighted by atomic mass is 9.95. The number of likely N-dealkylation sites (N-methyl/N-ethyl adjacent to an activating group) is 1. The fourth-order valence-corrected chi connectivity index (χ4v) is 7.94. The summed E-state index contributed by atoms with van der Waals surface area (Å²) >= 11 is 0. The summed E-state index contributed by atoms with van der Waals surface area (Å²) in [5.41, 5.74) is 7.47. The maximum absolute atomic E-state index is 15.1. The summed E-state index contributed by atoms with van der Waals surface area (Å²) in [6.45, 7) is 4.48. The van der Waals surface area contributed by atoms with Gasteiger partial charge in [0.25, 0.3) is 0 Å². The third-order valence-corrected chi connectivity index (χ3v) is 11.8. The number of hydrogen-bond acceptors (Lipinski definition) is 13. The number of methoxy groups -OCH3 is 1. The molecule has 0 aromatic heterocycles. The number of aromatic hydroxyl groups is 1. The van der Waals surface area contributed by atoms with Crippen molar-refractivity contribution in [3.8, 4) is 11.5 Å². The number of nitrogens with one attached hydrogen (secondary N) is 4. The van der Waals surface area contributed by atoms with Crippen molar-refractivity contribution in [2.75, 3.05) is 14.2 Å². The Balaban J connectivity index is 1.64. The number of ether oxygens (including phenoxy) is 2. The zero-order valence-corrected chi connectivity index (χ0v) is 37.9. The molecule has 3 aromatic carbocycles. The number of nitrogens with two attached hydrogens (primary N) is 1. The molecule has 67 heavy (non-hydrogen) atoms. The number of aliphatic hydroxyl groups is 1. The van der Waals surface area contributed by atoms with Gasteiger partial charge in [-0.2, -0.15) is 0 Å². The maximum Gasteiger partial charge on any atom is 0.329 e. The first-order chi connectivity index (χ1) is 31.8. The lowest BCUT2D eigenvalue weighted by molar-refractivity contribution is -0.165. The van der Waals surface area contributed by atoms with Gasteiger partial charge in [0.1, 0.15) is 60.1 Å². The fraction of sp³-hybridized carbons (Fsp3) is 0.447. The molecular formula is C47H59N7O13. The molecule has 0 radical (unpaired) electrons. The Morgan fingerprint density at radius 2 is 1.40 bits per heavy atom. The zero-order valence-electron chi connectivity index (χ0n) is 37.9. The van der Waals surface area contributed by atoms with Crippen LogP contribution < -0.4 is 31.7 Å². The first-order valence-corrected chi connectivity index (χ1v) is 21.9. The number of fused-ring (bicyclic) bond motifs is 2. The van der Waals surface area contributed by atoms with Gasteiger partial charge in [-0.05, 0) is 66.6 Å². The molecule has 3 aromatic rings. The first-order valence-electron chi connectivity index (χ1n) is 21.9. The summed E-state index contributed by atoms with van der Waals surface area (Å²) in [6.07, 6.45) is -4.54. The Labute approximate surface area is 387 Å². The molecule has 0 saturated carbocycles. The molecule has 6 amide bonds. The number of phenols is 1. The molecule has 9 N–H and O–H groups in total. The standard InChI is InChI=1S/C47H59N7O13/c1-25(2)39-47(65)67-26(3)40(52-41(59)32(48)24-38(57)58)44(62)50-34(21-28-11-15-30(55)16-12-28)42(60)49-33-19-20-37(56)54(45(33)63)36(23-27-9-7-6-8-10-27)46(64)53(4)35(43(61)51-39)22-29-13-17-31(66-5)18-14-29/h6-18,25-26,32-37,39-40,55-56H,19-24,48H2,1-5H3,(H,49,60)(H,50,62)(H,51,61)(H,52,59)(H,57,58). The van der Waals surface area contributed by atoms with Crippen LogP contribution in [0.15, 0.2) is 78.9 Å². The lowest BCUT2D eigenvalue weighted by Crippen LogP contribution is -2.65. The van der Waals surface area contributed by atoms with Crippen LogP contribution in [0, 0.1) is 5.92 Å². The average Bonchev–Trinajstić information content (AvgIpc) is 3.29. The lowest BCUT2D eigenvalue weighted by Gasteiger charge is -2.43. The van der Waals surface area contributed by atoms with E-state index in [2.05, 4.69) is 21.3 Å². The highest BCUT2D eigenvalue weighted by Gasteiger charge is 2.46. The molecule has 2 fully saturated rings. The number of nitrogens with zero attached hydrogens (tertiary/aromatic N) is 2. The first kappa shape index (κ1) is 50.9. The van der Waals surface area contributed by atoms with Crippen molar-refractivity contribution in [3.63, 3.8) is 0 Å². The molecule has 360 valence electrons. The number of carbonyl (C=O) groups is 8. The van der Waals surface area contributed by atoms with Gasteiger partial charge in [0.2, 0.25) is 35.4 Å². The fourth-order valence-electron chi connectivity index (χ4n) is 7.94. The van der Waals surface area contributed by atoms with Crippen LogP contribution in [0.25, 0.3) is 0 Å². The van der Waals surface area contributed by atoms with Gasteiger partial charge in [0.15, 0.2) is 0 Å². The minimum Gasteiger partial charge on any atom is -0.508 e. The average molecular weight is 930 g/mol. The molecule has 20 heteroatoms. The minimum absolute atomic E-state index is 0.0869. The normalized spacial score (nSPS) is 25.1. The molecule has 2 heterocycles. The van der Waals surface area contributed by atoms with E-state index in [1.165, 1.54) is 45.3 Å². The Bertz CT molecular complexity index is 2260. The molecule has 2 aliphatic rings. The van der Waals surface area contributed by atoms with Crippen LogP contribution in [0.2, 0.25) is 0 Å². The van der Waals surface area contributed by atoms with Crippen molar-refractivity contribution >= 4 is 47.4 Å². The van der Waals surface area contributed by atoms with Gasteiger partial charge in [-0.1, -0.05) is 68.4 Å². The third-order valence-electron chi connectivity index (χ3n) is 11.8. The van der Waals surface area contributed by atoms with Crippen molar-refractivity contribution < 1.29 is 63.1 Å². The minimum atomic E-state index is -1.82. The monoisotopic (exact) mass is 929 g/mol. The molecule has 0 aliphatic carbocycles. The molecule has 20 nitrogen and oxygen atoms in total. The summed E-state index contributed by atoms with van der Waals surface area (Å²) in [6, 6.07) is 10.5. The van der Waals surface area contributed by atoms with Gasteiger partial charge in [-0.15, -0.1) is 0 Å². The number of cyclic esters (lactones) is 1. The van der Waals surface area contributed by atoms with Gasteiger partial charge in [0.05, 0.1) is 19.6 Å². The van der Waals surface area contributed by atoms with E-state index in [1.54, 1.807) is 68.4 Å². The zero-order chi connectivity index (χ0) is 49.1. The van der Waals surface area contributed by atoms with Gasteiger partial charge < -0.3 is 61.6 Å². The number of benzene rings is 3. The number of phenolic OH excluding ortho intramolecular Hbond substituents is 1. The Morgan fingerprint density at radius 3 is 2.01 bits per heavy atom. The van der Waals surface area contributed by atoms with Crippen LogP contribution in [0.3, 0.4) is 0 Å².